The predicted octanol–water partition coefficient (Wildman–Crippen LogP) is 5.54. The molecule has 1 aromatic carbocycles. The van der Waals surface area contributed by atoms with Crippen molar-refractivity contribution in [3.63, 3.8) is 0 Å². The molecule has 0 unspecified atom stereocenters. The van der Waals surface area contributed by atoms with Gasteiger partial charge in [0, 0.05) is 35.6 Å². The second kappa shape index (κ2) is 9.00. The van der Waals surface area contributed by atoms with Crippen LogP contribution in [0.1, 0.15) is 67.5 Å². The first kappa shape index (κ1) is 22.0. The molecule has 1 saturated heterocycles. The second-order valence-corrected chi connectivity index (χ2v) is 9.48. The number of ether oxygens (including phenoxy) is 1. The Hall–Kier alpha value is -2.67. The molecule has 1 fully saturated rings. The van der Waals surface area contributed by atoms with Crippen molar-refractivity contribution in [2.75, 3.05) is 18.4 Å². The van der Waals surface area contributed by atoms with Crippen molar-refractivity contribution in [1.29, 1.82) is 0 Å². The highest BCUT2D eigenvalue weighted by Crippen LogP contribution is 2.31. The minimum Gasteiger partial charge on any atom is -0.444 e. The van der Waals surface area contributed by atoms with Crippen LogP contribution in [0.2, 0.25) is 0 Å². The van der Waals surface area contributed by atoms with Gasteiger partial charge in [-0.2, -0.15) is 0 Å². The quantitative estimate of drug-likeness (QED) is 0.695. The van der Waals surface area contributed by atoms with E-state index in [1.165, 1.54) is 11.3 Å². The molecule has 2 amide bonds. The van der Waals surface area contributed by atoms with Gasteiger partial charge >= 0.3 is 6.09 Å². The lowest BCUT2D eigenvalue weighted by Gasteiger charge is -2.32. The van der Waals surface area contributed by atoms with E-state index in [1.54, 1.807) is 10.3 Å². The highest BCUT2D eigenvalue weighted by atomic mass is 32.1. The minimum atomic E-state index is -0.492. The van der Waals surface area contributed by atoms with Gasteiger partial charge in [0.15, 0.2) is 0 Å². The van der Waals surface area contributed by atoms with E-state index in [9.17, 15) is 9.59 Å². The molecule has 1 N–H and O–H groups in total. The Balaban J connectivity index is 1.60. The van der Waals surface area contributed by atoms with Gasteiger partial charge in [0.25, 0.3) is 5.91 Å². The average molecular weight is 428 g/mol. The van der Waals surface area contributed by atoms with Crippen molar-refractivity contribution >= 4 is 34.6 Å². The molecule has 3 rings (SSSR count). The molecule has 1 aliphatic rings. The first-order chi connectivity index (χ1) is 14.1. The van der Waals surface area contributed by atoms with Crippen molar-refractivity contribution in [2.45, 2.75) is 52.1 Å². The van der Waals surface area contributed by atoms with Gasteiger partial charge in [-0.15, -0.1) is 11.3 Å². The number of nitrogens with one attached hydrogen (secondary N) is 1. The van der Waals surface area contributed by atoms with Gasteiger partial charge in [-0.25, -0.2) is 9.78 Å². The normalized spacial score (nSPS) is 15.0. The summed E-state index contributed by atoms with van der Waals surface area (Å²) in [7, 11) is 0. The van der Waals surface area contributed by atoms with E-state index in [0.717, 1.165) is 34.7 Å². The monoisotopic (exact) mass is 427 g/mol. The van der Waals surface area contributed by atoms with Crippen molar-refractivity contribution in [1.82, 2.24) is 9.88 Å². The molecule has 6 nitrogen and oxygen atoms in total. The number of carbonyl (C=O) groups excluding carboxylic acids is 2. The number of aromatic nitrogens is 1. The summed E-state index contributed by atoms with van der Waals surface area (Å²) in [4.78, 5) is 31.3. The largest absolute Gasteiger partial charge is 0.444 e. The van der Waals surface area contributed by atoms with Gasteiger partial charge < -0.3 is 15.0 Å². The van der Waals surface area contributed by atoms with Gasteiger partial charge in [-0.1, -0.05) is 24.8 Å². The van der Waals surface area contributed by atoms with Gasteiger partial charge in [0.2, 0.25) is 0 Å². The number of thiazole rings is 1. The Bertz CT molecular complexity index is 937. The van der Waals surface area contributed by atoms with E-state index < -0.39 is 5.60 Å². The van der Waals surface area contributed by atoms with Crippen LogP contribution in [0.4, 0.5) is 10.5 Å². The molecule has 1 aliphatic heterocycles. The minimum absolute atomic E-state index is 0.225. The number of carbonyl (C=O) groups is 2. The van der Waals surface area contributed by atoms with Crippen LogP contribution >= 0.6 is 11.3 Å². The molecule has 0 aliphatic carbocycles. The predicted molar refractivity (Wildman–Crippen MR) is 121 cm³/mol. The fourth-order valence-electron chi connectivity index (χ4n) is 3.37. The lowest BCUT2D eigenvalue weighted by Crippen LogP contribution is -2.41. The number of piperidine rings is 1. The topological polar surface area (TPSA) is 71.5 Å². The van der Waals surface area contributed by atoms with Gasteiger partial charge in [0.1, 0.15) is 11.3 Å². The number of likely N-dealkylation sites (tertiary alicyclic amines) is 1. The smallest absolute Gasteiger partial charge is 0.410 e. The standard InChI is InChI=1S/C23H29N3O3S/c1-15(2)17-8-6-7-9-18(17)24-20(27)19-14-30-21(25-19)16-10-12-26(13-11-16)22(28)29-23(3,4)5/h6-9,14,16H,1,10-13H2,2-5H3,(H,24,27). The maximum atomic E-state index is 12.7. The molecule has 1 aromatic heterocycles. The van der Waals surface area contributed by atoms with Crippen LogP contribution in [-0.4, -0.2) is 40.6 Å². The molecule has 0 spiro atoms. The van der Waals surface area contributed by atoms with Crippen LogP contribution in [0.3, 0.4) is 0 Å². The first-order valence-electron chi connectivity index (χ1n) is 10.1. The van der Waals surface area contributed by atoms with Crippen LogP contribution in [0, 0.1) is 0 Å². The Kier molecular flexibility index (Phi) is 6.61. The fraction of sp³-hybridized carbons (Fsp3) is 0.435. The summed E-state index contributed by atoms with van der Waals surface area (Å²) in [6.45, 7) is 12.8. The van der Waals surface area contributed by atoms with E-state index in [1.807, 2.05) is 52.0 Å². The number of hydrogen-bond acceptors (Lipinski definition) is 5. The highest BCUT2D eigenvalue weighted by Gasteiger charge is 2.29. The number of anilines is 1. The number of benzene rings is 1. The van der Waals surface area contributed by atoms with Crippen molar-refractivity contribution in [3.8, 4) is 0 Å². The number of nitrogens with zero attached hydrogens (tertiary/aromatic N) is 2. The maximum absolute atomic E-state index is 12.7. The Morgan fingerprint density at radius 1 is 1.23 bits per heavy atom. The zero-order chi connectivity index (χ0) is 21.9. The Labute approximate surface area is 182 Å². The van der Waals surface area contributed by atoms with E-state index in [2.05, 4.69) is 16.9 Å². The van der Waals surface area contributed by atoms with E-state index in [-0.39, 0.29) is 17.9 Å². The second-order valence-electron chi connectivity index (χ2n) is 8.59. The van der Waals surface area contributed by atoms with Crippen LogP contribution in [0.25, 0.3) is 5.57 Å². The van der Waals surface area contributed by atoms with Crippen LogP contribution in [-0.2, 0) is 4.74 Å². The molecule has 30 heavy (non-hydrogen) atoms. The number of para-hydroxylation sites is 1. The third-order valence-corrected chi connectivity index (χ3v) is 5.89. The highest BCUT2D eigenvalue weighted by molar-refractivity contribution is 7.10. The molecular formula is C23H29N3O3S. The molecule has 2 heterocycles. The average Bonchev–Trinajstić information content (AvgIpc) is 3.17. The third kappa shape index (κ3) is 5.48. The maximum Gasteiger partial charge on any atom is 0.410 e. The Morgan fingerprint density at radius 2 is 1.90 bits per heavy atom. The number of rotatable bonds is 4. The number of hydrogen-bond donors (Lipinski definition) is 1. The zero-order valence-electron chi connectivity index (χ0n) is 18.0. The van der Waals surface area contributed by atoms with Crippen molar-refractivity contribution < 1.29 is 14.3 Å². The fourth-order valence-corrected chi connectivity index (χ4v) is 4.34. The lowest BCUT2D eigenvalue weighted by molar-refractivity contribution is 0.0205. The molecule has 0 atom stereocenters. The SMILES string of the molecule is C=C(C)c1ccccc1NC(=O)c1csc(C2CCN(C(=O)OC(C)(C)C)CC2)n1. The third-order valence-electron chi connectivity index (χ3n) is 4.89. The summed E-state index contributed by atoms with van der Waals surface area (Å²) in [5, 5.41) is 5.68. The van der Waals surface area contributed by atoms with Crippen LogP contribution < -0.4 is 5.32 Å². The molecule has 7 heteroatoms. The summed E-state index contributed by atoms with van der Waals surface area (Å²) in [5.41, 5.74) is 2.46. The van der Waals surface area contributed by atoms with Crippen molar-refractivity contribution in [3.05, 3.63) is 52.5 Å². The first-order valence-corrected chi connectivity index (χ1v) is 11.0. The molecule has 160 valence electrons. The van der Waals surface area contributed by atoms with Crippen LogP contribution in [0.5, 0.6) is 0 Å². The molecule has 0 radical (unpaired) electrons. The van der Waals surface area contributed by atoms with E-state index in [0.29, 0.717) is 18.8 Å². The summed E-state index contributed by atoms with van der Waals surface area (Å²) in [6, 6.07) is 7.60. The lowest BCUT2D eigenvalue weighted by atomic mass is 9.98. The Morgan fingerprint density at radius 3 is 2.53 bits per heavy atom. The summed E-state index contributed by atoms with van der Waals surface area (Å²) in [5.74, 6) is 0.0235. The van der Waals surface area contributed by atoms with Gasteiger partial charge in [-0.3, -0.25) is 4.79 Å². The summed E-state index contributed by atoms with van der Waals surface area (Å²) in [6.07, 6.45) is 1.36. The van der Waals surface area contributed by atoms with E-state index >= 15 is 0 Å². The summed E-state index contributed by atoms with van der Waals surface area (Å²) >= 11 is 1.50. The van der Waals surface area contributed by atoms with Crippen LogP contribution in [0.15, 0.2) is 36.2 Å². The van der Waals surface area contributed by atoms with Gasteiger partial charge in [0.05, 0.1) is 5.01 Å². The van der Waals surface area contributed by atoms with Crippen molar-refractivity contribution in [2.24, 2.45) is 0 Å². The summed E-state index contributed by atoms with van der Waals surface area (Å²) < 4.78 is 5.45. The molecular weight excluding hydrogens is 398 g/mol. The van der Waals surface area contributed by atoms with Gasteiger partial charge in [-0.05, 0) is 52.2 Å². The zero-order valence-corrected chi connectivity index (χ0v) is 18.8. The van der Waals surface area contributed by atoms with E-state index in [4.69, 9.17) is 4.74 Å². The number of amides is 2. The number of allylic oxidation sites excluding steroid dienone is 1. The molecule has 0 saturated carbocycles. The molecule has 2 aromatic rings. The molecule has 0 bridgehead atoms.